The van der Waals surface area contributed by atoms with E-state index >= 15 is 0 Å². The van der Waals surface area contributed by atoms with Gasteiger partial charge in [-0.25, -0.2) is 8.42 Å². The maximum absolute atomic E-state index is 12.2. The average molecular weight is 339 g/mol. The summed E-state index contributed by atoms with van der Waals surface area (Å²) >= 11 is 0. The summed E-state index contributed by atoms with van der Waals surface area (Å²) in [7, 11) is -1.28. The van der Waals surface area contributed by atoms with E-state index in [4.69, 9.17) is 0 Å². The molecule has 0 atom stereocenters. The maximum Gasteiger partial charge on any atom is 0.252 e. The minimum Gasteiger partial charge on any atom is -0.352 e. The Hall–Kier alpha value is -1.44. The lowest BCUT2D eigenvalue weighted by Crippen LogP contribution is -2.45. The molecule has 2 rings (SSSR count). The standard InChI is InChI=1S/C16H25N3O3S/c1-18-10-12-19(13-11-18)9-5-8-17-16(20)14-6-3-4-7-15(14)23(2,21)22/h3-4,6-7H,5,8-13H2,1-2H3,(H,17,20). The van der Waals surface area contributed by atoms with Gasteiger partial charge < -0.3 is 15.1 Å². The number of benzene rings is 1. The summed E-state index contributed by atoms with van der Waals surface area (Å²) in [5.74, 6) is -0.329. The molecular formula is C16H25N3O3S. The first-order valence-electron chi connectivity index (χ1n) is 7.86. The van der Waals surface area contributed by atoms with E-state index in [1.807, 2.05) is 0 Å². The van der Waals surface area contributed by atoms with Crippen LogP contribution in [-0.2, 0) is 9.84 Å². The molecule has 6 nitrogen and oxygen atoms in total. The first-order chi connectivity index (χ1) is 10.9. The van der Waals surface area contributed by atoms with Crippen LogP contribution in [0.3, 0.4) is 0 Å². The van der Waals surface area contributed by atoms with Gasteiger partial charge in [-0.05, 0) is 32.1 Å². The molecule has 0 bridgehead atoms. The van der Waals surface area contributed by atoms with Crippen molar-refractivity contribution in [2.45, 2.75) is 11.3 Å². The molecule has 1 N–H and O–H groups in total. The predicted molar refractivity (Wildman–Crippen MR) is 90.4 cm³/mol. The number of sulfone groups is 1. The van der Waals surface area contributed by atoms with Gasteiger partial charge in [-0.3, -0.25) is 4.79 Å². The van der Waals surface area contributed by atoms with Crippen molar-refractivity contribution in [2.75, 3.05) is 52.6 Å². The first-order valence-corrected chi connectivity index (χ1v) is 9.75. The minimum absolute atomic E-state index is 0.0802. The molecule has 128 valence electrons. The van der Waals surface area contributed by atoms with Gasteiger partial charge in [0.2, 0.25) is 0 Å². The highest BCUT2D eigenvalue weighted by Crippen LogP contribution is 2.15. The number of likely N-dealkylation sites (N-methyl/N-ethyl adjacent to an activating group) is 1. The van der Waals surface area contributed by atoms with Gasteiger partial charge in [-0.1, -0.05) is 12.1 Å². The number of nitrogens with zero attached hydrogens (tertiary/aromatic N) is 2. The fourth-order valence-electron chi connectivity index (χ4n) is 2.65. The lowest BCUT2D eigenvalue weighted by atomic mass is 10.2. The lowest BCUT2D eigenvalue weighted by Gasteiger charge is -2.32. The molecular weight excluding hydrogens is 314 g/mol. The Bertz CT molecular complexity index is 638. The molecule has 1 heterocycles. The molecule has 1 aromatic rings. The van der Waals surface area contributed by atoms with Gasteiger partial charge in [-0.15, -0.1) is 0 Å². The Balaban J connectivity index is 1.82. The van der Waals surface area contributed by atoms with E-state index in [9.17, 15) is 13.2 Å². The Morgan fingerprint density at radius 3 is 2.48 bits per heavy atom. The molecule has 1 aliphatic heterocycles. The number of rotatable bonds is 6. The second kappa shape index (κ2) is 7.90. The van der Waals surface area contributed by atoms with Crippen molar-refractivity contribution in [3.63, 3.8) is 0 Å². The Morgan fingerprint density at radius 1 is 1.17 bits per heavy atom. The molecule has 1 saturated heterocycles. The van der Waals surface area contributed by atoms with Crippen LogP contribution < -0.4 is 5.32 Å². The minimum atomic E-state index is -3.41. The van der Waals surface area contributed by atoms with E-state index in [1.165, 1.54) is 6.07 Å². The summed E-state index contributed by atoms with van der Waals surface area (Å²) < 4.78 is 23.5. The molecule has 23 heavy (non-hydrogen) atoms. The molecule has 0 aliphatic carbocycles. The number of nitrogens with one attached hydrogen (secondary N) is 1. The van der Waals surface area contributed by atoms with Crippen molar-refractivity contribution in [2.24, 2.45) is 0 Å². The largest absolute Gasteiger partial charge is 0.352 e. The Kier molecular flexibility index (Phi) is 6.15. The van der Waals surface area contributed by atoms with E-state index in [2.05, 4.69) is 22.2 Å². The smallest absolute Gasteiger partial charge is 0.252 e. The molecule has 1 aliphatic rings. The molecule has 1 fully saturated rings. The van der Waals surface area contributed by atoms with Gasteiger partial charge >= 0.3 is 0 Å². The SMILES string of the molecule is CN1CCN(CCCNC(=O)c2ccccc2S(C)(=O)=O)CC1. The molecule has 0 spiro atoms. The topological polar surface area (TPSA) is 69.7 Å². The summed E-state index contributed by atoms with van der Waals surface area (Å²) in [6.45, 7) is 5.76. The Labute approximate surface area is 138 Å². The van der Waals surface area contributed by atoms with Gasteiger partial charge in [0.15, 0.2) is 9.84 Å². The number of carbonyl (C=O) groups excluding carboxylic acids is 1. The second-order valence-corrected chi connectivity index (χ2v) is 8.01. The summed E-state index contributed by atoms with van der Waals surface area (Å²) in [5.41, 5.74) is 0.217. The van der Waals surface area contributed by atoms with Crippen LogP contribution in [0.1, 0.15) is 16.8 Å². The van der Waals surface area contributed by atoms with Gasteiger partial charge in [0, 0.05) is 39.0 Å². The van der Waals surface area contributed by atoms with Crippen LogP contribution >= 0.6 is 0 Å². The zero-order chi connectivity index (χ0) is 16.9. The summed E-state index contributed by atoms with van der Waals surface area (Å²) in [4.78, 5) is 17.0. The van der Waals surface area contributed by atoms with Crippen molar-refractivity contribution >= 4 is 15.7 Å². The third kappa shape index (κ3) is 5.30. The van der Waals surface area contributed by atoms with Crippen molar-refractivity contribution < 1.29 is 13.2 Å². The molecule has 0 saturated carbocycles. The molecule has 1 amide bonds. The zero-order valence-electron chi connectivity index (χ0n) is 13.8. The predicted octanol–water partition coefficient (Wildman–Crippen LogP) is 0.457. The molecule has 0 unspecified atom stereocenters. The first kappa shape index (κ1) is 17.9. The van der Waals surface area contributed by atoms with E-state index in [0.29, 0.717) is 6.54 Å². The van der Waals surface area contributed by atoms with Crippen molar-refractivity contribution in [1.82, 2.24) is 15.1 Å². The number of amides is 1. The van der Waals surface area contributed by atoms with E-state index in [-0.39, 0.29) is 16.4 Å². The third-order valence-electron chi connectivity index (χ3n) is 4.06. The average Bonchev–Trinajstić information content (AvgIpc) is 2.52. The highest BCUT2D eigenvalue weighted by atomic mass is 32.2. The highest BCUT2D eigenvalue weighted by Gasteiger charge is 2.18. The monoisotopic (exact) mass is 339 g/mol. The van der Waals surface area contributed by atoms with Crippen LogP contribution in [0.5, 0.6) is 0 Å². The van der Waals surface area contributed by atoms with Crippen molar-refractivity contribution in [3.8, 4) is 0 Å². The van der Waals surface area contributed by atoms with Crippen molar-refractivity contribution in [3.05, 3.63) is 29.8 Å². The van der Waals surface area contributed by atoms with Crippen LogP contribution in [0, 0.1) is 0 Å². The summed E-state index contributed by atoms with van der Waals surface area (Å²) in [5, 5.41) is 2.82. The van der Waals surface area contributed by atoms with Crippen LogP contribution in [0.15, 0.2) is 29.2 Å². The number of piperazine rings is 1. The third-order valence-corrected chi connectivity index (χ3v) is 5.22. The molecule has 0 aromatic heterocycles. The molecule has 1 aromatic carbocycles. The van der Waals surface area contributed by atoms with E-state index in [1.54, 1.807) is 18.2 Å². The van der Waals surface area contributed by atoms with Crippen LogP contribution in [0.2, 0.25) is 0 Å². The number of hydrogen-bond acceptors (Lipinski definition) is 5. The Morgan fingerprint density at radius 2 is 1.83 bits per heavy atom. The van der Waals surface area contributed by atoms with Crippen LogP contribution in [0.25, 0.3) is 0 Å². The maximum atomic E-state index is 12.2. The fraction of sp³-hybridized carbons (Fsp3) is 0.562. The van der Waals surface area contributed by atoms with Gasteiger partial charge in [0.25, 0.3) is 5.91 Å². The van der Waals surface area contributed by atoms with Crippen LogP contribution in [-0.4, -0.2) is 76.7 Å². The van der Waals surface area contributed by atoms with Gasteiger partial charge in [0.1, 0.15) is 0 Å². The van der Waals surface area contributed by atoms with E-state index < -0.39 is 9.84 Å². The summed E-state index contributed by atoms with van der Waals surface area (Å²) in [6, 6.07) is 6.31. The van der Waals surface area contributed by atoms with E-state index in [0.717, 1.165) is 45.4 Å². The highest BCUT2D eigenvalue weighted by molar-refractivity contribution is 7.90. The second-order valence-electron chi connectivity index (χ2n) is 6.02. The zero-order valence-corrected chi connectivity index (χ0v) is 14.6. The quantitative estimate of drug-likeness (QED) is 0.763. The molecule has 0 radical (unpaired) electrons. The van der Waals surface area contributed by atoms with Crippen molar-refractivity contribution in [1.29, 1.82) is 0 Å². The summed E-state index contributed by atoms with van der Waals surface area (Å²) in [6.07, 6.45) is 1.98. The molecule has 7 heteroatoms. The fourth-order valence-corrected chi connectivity index (χ4v) is 3.53. The lowest BCUT2D eigenvalue weighted by molar-refractivity contribution is 0.0946. The normalized spacial score (nSPS) is 17.1. The van der Waals surface area contributed by atoms with Crippen LogP contribution in [0.4, 0.5) is 0 Å². The van der Waals surface area contributed by atoms with Gasteiger partial charge in [0.05, 0.1) is 10.5 Å². The van der Waals surface area contributed by atoms with Gasteiger partial charge in [-0.2, -0.15) is 0 Å². The number of carbonyl (C=O) groups is 1. The number of hydrogen-bond donors (Lipinski definition) is 1.